The van der Waals surface area contributed by atoms with Crippen molar-refractivity contribution in [1.29, 1.82) is 0 Å². The minimum absolute atomic E-state index is 0.00967. The second-order valence-electron chi connectivity index (χ2n) is 4.57. The predicted molar refractivity (Wildman–Crippen MR) is 79.8 cm³/mol. The topological polar surface area (TPSA) is 77.0 Å². The number of carbonyl (C=O) groups is 1. The third-order valence-corrected chi connectivity index (χ3v) is 3.80. The number of nitrogens with two attached hydrogens (primary N) is 1. The van der Waals surface area contributed by atoms with Gasteiger partial charge in [0.15, 0.2) is 5.82 Å². The van der Waals surface area contributed by atoms with Crippen LogP contribution in [0.2, 0.25) is 0 Å². The molecule has 0 aliphatic rings. The molecule has 0 atom stereocenters. The molecule has 0 unspecified atom stereocenters. The molecule has 1 aromatic heterocycles. The molecule has 0 aliphatic heterocycles. The van der Waals surface area contributed by atoms with Crippen LogP contribution in [0.25, 0.3) is 11.4 Å². The van der Waals surface area contributed by atoms with E-state index in [0.29, 0.717) is 11.0 Å². The maximum Gasteiger partial charge on any atom is 0.232 e. The normalized spacial score (nSPS) is 10.6. The summed E-state index contributed by atoms with van der Waals surface area (Å²) in [7, 11) is 3.43. The summed E-state index contributed by atoms with van der Waals surface area (Å²) in [5, 5.41) is 8.68. The first-order valence-corrected chi connectivity index (χ1v) is 7.08. The van der Waals surface area contributed by atoms with Crippen LogP contribution in [-0.4, -0.2) is 45.5 Å². The fourth-order valence-corrected chi connectivity index (χ4v) is 2.47. The zero-order valence-electron chi connectivity index (χ0n) is 11.7. The summed E-state index contributed by atoms with van der Waals surface area (Å²) in [6.07, 6.45) is 0. The molecule has 2 N–H and O–H groups in total. The molecule has 2 rings (SSSR count). The molecule has 0 saturated carbocycles. The number of hydrogen-bond acceptors (Lipinski definition) is 5. The molecule has 0 spiro atoms. The van der Waals surface area contributed by atoms with Crippen LogP contribution in [0.3, 0.4) is 0 Å². The summed E-state index contributed by atoms with van der Waals surface area (Å²) in [5.74, 6) is 6.91. The van der Waals surface area contributed by atoms with Crippen LogP contribution in [0.5, 0.6) is 0 Å². The minimum atomic E-state index is 0.00967. The van der Waals surface area contributed by atoms with Crippen molar-refractivity contribution in [3.63, 3.8) is 0 Å². The van der Waals surface area contributed by atoms with Crippen LogP contribution < -0.4 is 5.84 Å². The lowest BCUT2D eigenvalue weighted by Crippen LogP contribution is -2.24. The second kappa shape index (κ2) is 5.96. The van der Waals surface area contributed by atoms with Gasteiger partial charge in [0.25, 0.3) is 0 Å². The summed E-state index contributed by atoms with van der Waals surface area (Å²) in [4.78, 5) is 13.1. The summed E-state index contributed by atoms with van der Waals surface area (Å²) in [5.41, 5.74) is 2.01. The van der Waals surface area contributed by atoms with E-state index in [9.17, 15) is 4.79 Å². The first-order chi connectivity index (χ1) is 9.50. The molecule has 1 heterocycles. The van der Waals surface area contributed by atoms with Gasteiger partial charge in [0, 0.05) is 19.7 Å². The van der Waals surface area contributed by atoms with E-state index in [4.69, 9.17) is 5.84 Å². The van der Waals surface area contributed by atoms with Gasteiger partial charge in [-0.05, 0) is 12.5 Å². The number of nitrogens with zero attached hydrogens (tertiary/aromatic N) is 4. The fraction of sp³-hybridized carbons (Fsp3) is 0.308. The minimum Gasteiger partial charge on any atom is -0.348 e. The molecular formula is C13H17N5OS. The Bertz CT molecular complexity index is 623. The first kappa shape index (κ1) is 14.4. The molecule has 0 saturated heterocycles. The number of amides is 1. The molecule has 0 bridgehead atoms. The van der Waals surface area contributed by atoms with Crippen molar-refractivity contribution in [2.45, 2.75) is 12.1 Å². The van der Waals surface area contributed by atoms with E-state index in [1.165, 1.54) is 21.3 Å². The first-order valence-electron chi connectivity index (χ1n) is 6.10. The van der Waals surface area contributed by atoms with E-state index in [0.717, 1.165) is 11.1 Å². The lowest BCUT2D eigenvalue weighted by molar-refractivity contribution is -0.125. The Morgan fingerprint density at radius 3 is 2.70 bits per heavy atom. The number of thioether (sulfide) groups is 1. The van der Waals surface area contributed by atoms with Gasteiger partial charge in [-0.1, -0.05) is 36.0 Å². The molecule has 2 aromatic rings. The van der Waals surface area contributed by atoms with Crippen LogP contribution in [0.15, 0.2) is 29.4 Å². The Hall–Kier alpha value is -2.02. The molecule has 0 radical (unpaired) electrons. The van der Waals surface area contributed by atoms with Gasteiger partial charge in [-0.15, -0.1) is 10.2 Å². The van der Waals surface area contributed by atoms with Crippen molar-refractivity contribution < 1.29 is 4.79 Å². The lowest BCUT2D eigenvalue weighted by atomic mass is 10.1. The molecule has 1 aromatic carbocycles. The number of benzene rings is 1. The highest BCUT2D eigenvalue weighted by molar-refractivity contribution is 7.99. The van der Waals surface area contributed by atoms with E-state index in [1.807, 2.05) is 31.2 Å². The van der Waals surface area contributed by atoms with E-state index in [-0.39, 0.29) is 11.7 Å². The van der Waals surface area contributed by atoms with Gasteiger partial charge >= 0.3 is 0 Å². The number of nitrogen functional groups attached to an aromatic ring is 1. The van der Waals surface area contributed by atoms with Gasteiger partial charge in [0.2, 0.25) is 11.1 Å². The largest absolute Gasteiger partial charge is 0.348 e. The maximum atomic E-state index is 11.6. The smallest absolute Gasteiger partial charge is 0.232 e. The van der Waals surface area contributed by atoms with Crippen molar-refractivity contribution in [2.24, 2.45) is 0 Å². The van der Waals surface area contributed by atoms with Gasteiger partial charge < -0.3 is 10.7 Å². The number of aryl methyl sites for hydroxylation is 1. The highest BCUT2D eigenvalue weighted by Gasteiger charge is 2.15. The Morgan fingerprint density at radius 1 is 1.35 bits per heavy atom. The predicted octanol–water partition coefficient (Wildman–Crippen LogP) is 1.15. The van der Waals surface area contributed by atoms with E-state index < -0.39 is 0 Å². The average Bonchev–Trinajstić information content (AvgIpc) is 2.78. The van der Waals surface area contributed by atoms with Crippen LogP contribution in [-0.2, 0) is 4.79 Å². The fourth-order valence-electron chi connectivity index (χ4n) is 1.64. The van der Waals surface area contributed by atoms with Gasteiger partial charge in [0.05, 0.1) is 5.75 Å². The van der Waals surface area contributed by atoms with Gasteiger partial charge in [0.1, 0.15) is 0 Å². The molecule has 0 aliphatic carbocycles. The van der Waals surface area contributed by atoms with Crippen molar-refractivity contribution in [3.8, 4) is 11.4 Å². The summed E-state index contributed by atoms with van der Waals surface area (Å²) >= 11 is 1.28. The summed E-state index contributed by atoms with van der Waals surface area (Å²) in [6, 6.07) is 7.83. The monoisotopic (exact) mass is 291 g/mol. The van der Waals surface area contributed by atoms with Crippen LogP contribution in [0.1, 0.15) is 5.56 Å². The molecule has 106 valence electrons. The average molecular weight is 291 g/mol. The highest BCUT2D eigenvalue weighted by atomic mass is 32.2. The standard InChI is InChI=1S/C13H17N5OS/c1-9-6-4-5-7-10(9)12-15-16-13(18(12)14)20-8-11(19)17(2)3/h4-7H,8,14H2,1-3H3. The van der Waals surface area contributed by atoms with Crippen LogP contribution in [0, 0.1) is 6.92 Å². The SMILES string of the molecule is Cc1ccccc1-c1nnc(SCC(=O)N(C)C)n1N. The zero-order valence-corrected chi connectivity index (χ0v) is 12.5. The number of aromatic nitrogens is 3. The Kier molecular flexibility index (Phi) is 4.29. The summed E-state index contributed by atoms with van der Waals surface area (Å²) in [6.45, 7) is 1.99. The Balaban J connectivity index is 2.20. The number of carbonyl (C=O) groups excluding carboxylic acids is 1. The molecular weight excluding hydrogens is 274 g/mol. The lowest BCUT2D eigenvalue weighted by Gasteiger charge is -2.09. The van der Waals surface area contributed by atoms with Gasteiger partial charge in [-0.3, -0.25) is 4.79 Å². The molecule has 0 fully saturated rings. The van der Waals surface area contributed by atoms with E-state index >= 15 is 0 Å². The highest BCUT2D eigenvalue weighted by Crippen LogP contribution is 2.23. The second-order valence-corrected chi connectivity index (χ2v) is 5.51. The summed E-state index contributed by atoms with van der Waals surface area (Å²) < 4.78 is 1.43. The van der Waals surface area contributed by atoms with E-state index in [2.05, 4.69) is 10.2 Å². The maximum absolute atomic E-state index is 11.6. The molecule has 1 amide bonds. The van der Waals surface area contributed by atoms with Crippen molar-refractivity contribution in [1.82, 2.24) is 19.8 Å². The molecule has 7 heteroatoms. The van der Waals surface area contributed by atoms with E-state index in [1.54, 1.807) is 14.1 Å². The van der Waals surface area contributed by atoms with Crippen LogP contribution in [0.4, 0.5) is 0 Å². The molecule has 6 nitrogen and oxygen atoms in total. The van der Waals surface area contributed by atoms with Crippen molar-refractivity contribution in [3.05, 3.63) is 29.8 Å². The number of hydrogen-bond donors (Lipinski definition) is 1. The van der Waals surface area contributed by atoms with Crippen molar-refractivity contribution in [2.75, 3.05) is 25.7 Å². The number of rotatable bonds is 4. The molecule has 20 heavy (non-hydrogen) atoms. The van der Waals surface area contributed by atoms with Gasteiger partial charge in [-0.2, -0.15) is 0 Å². The third kappa shape index (κ3) is 2.93. The zero-order chi connectivity index (χ0) is 14.7. The quantitative estimate of drug-likeness (QED) is 0.675. The Labute approximate surface area is 121 Å². The van der Waals surface area contributed by atoms with Crippen LogP contribution >= 0.6 is 11.8 Å². The third-order valence-electron chi connectivity index (χ3n) is 2.87. The van der Waals surface area contributed by atoms with Gasteiger partial charge in [-0.25, -0.2) is 4.68 Å². The van der Waals surface area contributed by atoms with Crippen molar-refractivity contribution >= 4 is 17.7 Å². The Morgan fingerprint density at radius 2 is 2.05 bits per heavy atom.